The quantitative estimate of drug-likeness (QED) is 0.921. The second-order valence-electron chi connectivity index (χ2n) is 7.82. The van der Waals surface area contributed by atoms with E-state index in [1.165, 1.54) is 19.3 Å². The standard InChI is InChI=1S/C18H26N4O2/c1-12-10-15(20-19-12)16(23)21-8-9-22(13(2)11-21)17(24)18(6-3-7-18)14-4-5-14/h10,13-14H,3-9,11H2,1-2H3,(H,19,20)/t13-/m1/s1. The molecule has 2 amide bonds. The maximum absolute atomic E-state index is 13.1. The molecule has 2 aliphatic carbocycles. The van der Waals surface area contributed by atoms with Crippen LogP contribution in [0.3, 0.4) is 0 Å². The zero-order chi connectivity index (χ0) is 16.9. The Morgan fingerprint density at radius 1 is 1.29 bits per heavy atom. The summed E-state index contributed by atoms with van der Waals surface area (Å²) in [6.45, 7) is 5.79. The highest BCUT2D eigenvalue weighted by Crippen LogP contribution is 2.58. The van der Waals surface area contributed by atoms with E-state index in [-0.39, 0.29) is 17.4 Å². The molecule has 3 fully saturated rings. The van der Waals surface area contributed by atoms with Crippen molar-refractivity contribution in [3.63, 3.8) is 0 Å². The lowest BCUT2D eigenvalue weighted by molar-refractivity contribution is -0.153. The van der Waals surface area contributed by atoms with Crippen molar-refractivity contribution >= 4 is 11.8 Å². The largest absolute Gasteiger partial charge is 0.336 e. The van der Waals surface area contributed by atoms with Crippen LogP contribution in [0.2, 0.25) is 0 Å². The molecule has 1 aliphatic heterocycles. The third-order valence-electron chi connectivity index (χ3n) is 6.13. The first-order valence-electron chi connectivity index (χ1n) is 9.13. The van der Waals surface area contributed by atoms with Gasteiger partial charge in [-0.2, -0.15) is 5.10 Å². The Hall–Kier alpha value is -1.85. The highest BCUT2D eigenvalue weighted by atomic mass is 16.2. The highest BCUT2D eigenvalue weighted by molar-refractivity contribution is 5.92. The number of piperazine rings is 1. The number of nitrogens with one attached hydrogen (secondary N) is 1. The fraction of sp³-hybridized carbons (Fsp3) is 0.722. The number of hydrogen-bond donors (Lipinski definition) is 1. The molecule has 0 bridgehead atoms. The highest BCUT2D eigenvalue weighted by Gasteiger charge is 2.56. The molecule has 24 heavy (non-hydrogen) atoms. The van der Waals surface area contributed by atoms with Crippen LogP contribution in [0.1, 0.15) is 55.2 Å². The minimum absolute atomic E-state index is 0.0427. The van der Waals surface area contributed by atoms with Gasteiger partial charge in [0.2, 0.25) is 5.91 Å². The number of rotatable bonds is 3. The molecule has 1 aromatic rings. The fourth-order valence-corrected chi connectivity index (χ4v) is 4.41. The zero-order valence-electron chi connectivity index (χ0n) is 14.5. The predicted octanol–water partition coefficient (Wildman–Crippen LogP) is 1.97. The van der Waals surface area contributed by atoms with Gasteiger partial charge in [-0.15, -0.1) is 0 Å². The van der Waals surface area contributed by atoms with Gasteiger partial charge in [-0.05, 0) is 51.5 Å². The molecule has 1 aromatic heterocycles. The van der Waals surface area contributed by atoms with E-state index in [2.05, 4.69) is 17.1 Å². The molecule has 0 radical (unpaired) electrons. The first kappa shape index (κ1) is 15.7. The van der Waals surface area contributed by atoms with Gasteiger partial charge in [-0.25, -0.2) is 0 Å². The minimum atomic E-state index is -0.0558. The Bertz CT molecular complexity index is 660. The topological polar surface area (TPSA) is 69.3 Å². The van der Waals surface area contributed by atoms with Gasteiger partial charge in [0.1, 0.15) is 5.69 Å². The Morgan fingerprint density at radius 2 is 2.04 bits per heavy atom. The van der Waals surface area contributed by atoms with E-state index in [9.17, 15) is 9.59 Å². The Kier molecular flexibility index (Phi) is 3.66. The maximum Gasteiger partial charge on any atom is 0.274 e. The molecule has 0 spiro atoms. The van der Waals surface area contributed by atoms with E-state index in [4.69, 9.17) is 0 Å². The van der Waals surface area contributed by atoms with Crippen LogP contribution in [0, 0.1) is 18.3 Å². The van der Waals surface area contributed by atoms with Gasteiger partial charge >= 0.3 is 0 Å². The molecule has 6 heteroatoms. The van der Waals surface area contributed by atoms with E-state index in [0.29, 0.717) is 37.2 Å². The van der Waals surface area contributed by atoms with Gasteiger partial charge in [0, 0.05) is 31.4 Å². The van der Waals surface area contributed by atoms with Crippen LogP contribution in [0.5, 0.6) is 0 Å². The number of aromatic amines is 1. The zero-order valence-corrected chi connectivity index (χ0v) is 14.5. The molecule has 6 nitrogen and oxygen atoms in total. The second kappa shape index (κ2) is 5.60. The molecular weight excluding hydrogens is 304 g/mol. The van der Waals surface area contributed by atoms with E-state index in [1.54, 1.807) is 6.07 Å². The Morgan fingerprint density at radius 3 is 2.54 bits per heavy atom. The van der Waals surface area contributed by atoms with Gasteiger partial charge in [-0.3, -0.25) is 14.7 Å². The van der Waals surface area contributed by atoms with Crippen LogP contribution < -0.4 is 0 Å². The third-order valence-corrected chi connectivity index (χ3v) is 6.13. The van der Waals surface area contributed by atoms with Crippen molar-refractivity contribution in [2.75, 3.05) is 19.6 Å². The van der Waals surface area contributed by atoms with Crippen LogP contribution in [0.15, 0.2) is 6.07 Å². The maximum atomic E-state index is 13.1. The minimum Gasteiger partial charge on any atom is -0.336 e. The summed E-state index contributed by atoms with van der Waals surface area (Å²) in [5.74, 6) is 0.933. The van der Waals surface area contributed by atoms with E-state index in [0.717, 1.165) is 18.5 Å². The van der Waals surface area contributed by atoms with Crippen LogP contribution in [-0.4, -0.2) is 57.5 Å². The van der Waals surface area contributed by atoms with Gasteiger partial charge in [-0.1, -0.05) is 6.42 Å². The Balaban J connectivity index is 1.43. The summed E-state index contributed by atoms with van der Waals surface area (Å²) in [6, 6.07) is 1.85. The number of aryl methyl sites for hydroxylation is 1. The van der Waals surface area contributed by atoms with Crippen molar-refractivity contribution in [3.05, 3.63) is 17.5 Å². The summed E-state index contributed by atoms with van der Waals surface area (Å²) in [5.41, 5.74) is 1.30. The molecule has 1 N–H and O–H groups in total. The predicted molar refractivity (Wildman–Crippen MR) is 89.4 cm³/mol. The number of carbonyl (C=O) groups excluding carboxylic acids is 2. The monoisotopic (exact) mass is 330 g/mol. The summed E-state index contributed by atoms with van der Waals surface area (Å²) >= 11 is 0. The van der Waals surface area contributed by atoms with Gasteiger partial charge in [0.25, 0.3) is 5.91 Å². The number of H-pyrrole nitrogens is 1. The summed E-state index contributed by atoms with van der Waals surface area (Å²) in [4.78, 5) is 29.6. The van der Waals surface area contributed by atoms with Gasteiger partial charge in [0.15, 0.2) is 0 Å². The lowest BCUT2D eigenvalue weighted by Crippen LogP contribution is -2.60. The van der Waals surface area contributed by atoms with Crippen molar-refractivity contribution in [1.82, 2.24) is 20.0 Å². The normalized spacial score (nSPS) is 26.2. The molecule has 130 valence electrons. The molecule has 2 saturated carbocycles. The molecule has 0 aromatic carbocycles. The lowest BCUT2D eigenvalue weighted by Gasteiger charge is -2.48. The Labute approximate surface area is 142 Å². The number of aromatic nitrogens is 2. The fourth-order valence-electron chi connectivity index (χ4n) is 4.41. The molecule has 4 rings (SSSR count). The van der Waals surface area contributed by atoms with E-state index < -0.39 is 0 Å². The van der Waals surface area contributed by atoms with E-state index in [1.807, 2.05) is 16.7 Å². The molecule has 3 aliphatic rings. The van der Waals surface area contributed by atoms with Crippen molar-refractivity contribution in [1.29, 1.82) is 0 Å². The summed E-state index contributed by atoms with van der Waals surface area (Å²) < 4.78 is 0. The van der Waals surface area contributed by atoms with Gasteiger partial charge < -0.3 is 9.80 Å². The molecule has 1 atom stereocenters. The molecule has 2 heterocycles. The molecule has 1 saturated heterocycles. The number of carbonyl (C=O) groups is 2. The summed E-state index contributed by atoms with van der Waals surface area (Å²) in [6.07, 6.45) is 5.76. The van der Waals surface area contributed by atoms with Gasteiger partial charge in [0.05, 0.1) is 5.41 Å². The number of nitrogens with zero attached hydrogens (tertiary/aromatic N) is 3. The molecular formula is C18H26N4O2. The van der Waals surface area contributed by atoms with Crippen molar-refractivity contribution in [2.45, 2.75) is 52.0 Å². The molecule has 0 unspecified atom stereocenters. The smallest absolute Gasteiger partial charge is 0.274 e. The summed E-state index contributed by atoms with van der Waals surface area (Å²) in [5, 5.41) is 6.89. The van der Waals surface area contributed by atoms with E-state index >= 15 is 0 Å². The van der Waals surface area contributed by atoms with Crippen LogP contribution in [-0.2, 0) is 4.79 Å². The third kappa shape index (κ3) is 2.43. The number of hydrogen-bond acceptors (Lipinski definition) is 3. The van der Waals surface area contributed by atoms with Crippen LogP contribution in [0.25, 0.3) is 0 Å². The summed E-state index contributed by atoms with van der Waals surface area (Å²) in [7, 11) is 0. The van der Waals surface area contributed by atoms with Crippen molar-refractivity contribution in [2.24, 2.45) is 11.3 Å². The average Bonchev–Trinajstić information content (AvgIpc) is 3.26. The lowest BCUT2D eigenvalue weighted by atomic mass is 9.64. The second-order valence-corrected chi connectivity index (χ2v) is 7.82. The number of amides is 2. The SMILES string of the molecule is Cc1cc(C(=O)N2CCN(C(=O)C3(C4CC4)CCC3)[C@H](C)C2)n[nH]1. The van der Waals surface area contributed by atoms with Crippen LogP contribution >= 0.6 is 0 Å². The van der Waals surface area contributed by atoms with Crippen molar-refractivity contribution < 1.29 is 9.59 Å². The first-order chi connectivity index (χ1) is 11.5. The average molecular weight is 330 g/mol. The van der Waals surface area contributed by atoms with Crippen LogP contribution in [0.4, 0.5) is 0 Å². The van der Waals surface area contributed by atoms with Crippen molar-refractivity contribution in [3.8, 4) is 0 Å². The first-order valence-corrected chi connectivity index (χ1v) is 9.13.